The van der Waals surface area contributed by atoms with Gasteiger partial charge < -0.3 is 15.1 Å². The summed E-state index contributed by atoms with van der Waals surface area (Å²) >= 11 is 4.00. The fraction of sp³-hybridized carbons (Fsp3) is 0.727. The highest BCUT2D eigenvalue weighted by atomic mass is 32.1. The van der Waals surface area contributed by atoms with Crippen LogP contribution in [0.5, 0.6) is 0 Å². The van der Waals surface area contributed by atoms with Crippen molar-refractivity contribution in [1.82, 2.24) is 4.90 Å². The Morgan fingerprint density at radius 1 is 1.17 bits per heavy atom. The second-order valence-corrected chi connectivity index (χ2v) is 4.45. The standard InChI is InChI=1S/C11H19NO5S/c1-8(7-18)11(17)12(6-10(15)16)5-3-2-4-9(13)14/h8,18H,2-7H2,1H3,(H,13,14)(H,15,16). The molecular weight excluding hydrogens is 258 g/mol. The lowest BCUT2D eigenvalue weighted by atomic mass is 10.1. The topological polar surface area (TPSA) is 94.9 Å². The molecule has 0 aliphatic carbocycles. The van der Waals surface area contributed by atoms with E-state index in [1.54, 1.807) is 6.92 Å². The average Bonchev–Trinajstić information content (AvgIpc) is 2.30. The Hall–Kier alpha value is -1.24. The predicted molar refractivity (Wildman–Crippen MR) is 68.7 cm³/mol. The van der Waals surface area contributed by atoms with E-state index in [4.69, 9.17) is 10.2 Å². The van der Waals surface area contributed by atoms with Crippen LogP contribution in [0.25, 0.3) is 0 Å². The van der Waals surface area contributed by atoms with Crippen molar-refractivity contribution in [2.75, 3.05) is 18.8 Å². The van der Waals surface area contributed by atoms with Gasteiger partial charge in [0.25, 0.3) is 0 Å². The molecule has 0 spiro atoms. The minimum absolute atomic E-state index is 0.0250. The molecule has 7 heteroatoms. The molecule has 6 nitrogen and oxygen atoms in total. The van der Waals surface area contributed by atoms with E-state index in [2.05, 4.69) is 12.6 Å². The van der Waals surface area contributed by atoms with Crippen LogP contribution in [0.1, 0.15) is 26.2 Å². The van der Waals surface area contributed by atoms with Crippen molar-refractivity contribution in [1.29, 1.82) is 0 Å². The van der Waals surface area contributed by atoms with Crippen LogP contribution in [0, 0.1) is 5.92 Å². The fourth-order valence-corrected chi connectivity index (χ4v) is 1.56. The molecule has 0 aliphatic heterocycles. The number of aliphatic carboxylic acids is 2. The number of amides is 1. The summed E-state index contributed by atoms with van der Waals surface area (Å²) in [6.07, 6.45) is 0.926. The summed E-state index contributed by atoms with van der Waals surface area (Å²) in [4.78, 5) is 34.1. The van der Waals surface area contributed by atoms with Gasteiger partial charge in [0.15, 0.2) is 0 Å². The second-order valence-electron chi connectivity index (χ2n) is 4.09. The third-order valence-corrected chi connectivity index (χ3v) is 2.95. The second kappa shape index (κ2) is 8.79. The van der Waals surface area contributed by atoms with Crippen LogP contribution in [-0.2, 0) is 14.4 Å². The first kappa shape index (κ1) is 16.8. The molecule has 0 radical (unpaired) electrons. The molecule has 2 N–H and O–H groups in total. The maximum Gasteiger partial charge on any atom is 0.323 e. The third kappa shape index (κ3) is 7.16. The number of hydrogen-bond acceptors (Lipinski definition) is 4. The van der Waals surface area contributed by atoms with Gasteiger partial charge in [0.2, 0.25) is 5.91 Å². The Morgan fingerprint density at radius 2 is 1.78 bits per heavy atom. The van der Waals surface area contributed by atoms with E-state index < -0.39 is 11.9 Å². The van der Waals surface area contributed by atoms with Gasteiger partial charge in [-0.3, -0.25) is 14.4 Å². The lowest BCUT2D eigenvalue weighted by Gasteiger charge is -2.23. The summed E-state index contributed by atoms with van der Waals surface area (Å²) in [5, 5.41) is 17.2. The van der Waals surface area contributed by atoms with Crippen LogP contribution in [0.2, 0.25) is 0 Å². The van der Waals surface area contributed by atoms with Crippen molar-refractivity contribution < 1.29 is 24.6 Å². The first-order valence-electron chi connectivity index (χ1n) is 5.71. The van der Waals surface area contributed by atoms with Crippen LogP contribution in [0.3, 0.4) is 0 Å². The number of carbonyl (C=O) groups is 3. The molecule has 0 saturated carbocycles. The first-order valence-corrected chi connectivity index (χ1v) is 6.35. The monoisotopic (exact) mass is 277 g/mol. The van der Waals surface area contributed by atoms with E-state index >= 15 is 0 Å². The van der Waals surface area contributed by atoms with Crippen molar-refractivity contribution >= 4 is 30.5 Å². The highest BCUT2D eigenvalue weighted by molar-refractivity contribution is 7.80. The van der Waals surface area contributed by atoms with Crippen molar-refractivity contribution in [3.8, 4) is 0 Å². The number of thiol groups is 1. The molecule has 0 aromatic heterocycles. The zero-order valence-corrected chi connectivity index (χ0v) is 11.2. The Morgan fingerprint density at radius 3 is 2.22 bits per heavy atom. The normalized spacial score (nSPS) is 11.9. The number of carboxylic acids is 2. The number of unbranched alkanes of at least 4 members (excludes halogenated alkanes) is 1. The Kier molecular flexibility index (Phi) is 8.19. The van der Waals surface area contributed by atoms with Gasteiger partial charge in [-0.15, -0.1) is 0 Å². The SMILES string of the molecule is CC(CS)C(=O)N(CCCCC(=O)O)CC(=O)O. The number of rotatable bonds is 9. The zero-order valence-electron chi connectivity index (χ0n) is 10.3. The summed E-state index contributed by atoms with van der Waals surface area (Å²) in [7, 11) is 0. The summed E-state index contributed by atoms with van der Waals surface area (Å²) < 4.78 is 0. The largest absolute Gasteiger partial charge is 0.481 e. The van der Waals surface area contributed by atoms with Gasteiger partial charge in [-0.05, 0) is 12.8 Å². The summed E-state index contributed by atoms with van der Waals surface area (Å²) in [6.45, 7) is 1.59. The number of carbonyl (C=O) groups excluding carboxylic acids is 1. The number of hydrogen-bond donors (Lipinski definition) is 3. The van der Waals surface area contributed by atoms with Gasteiger partial charge in [0.1, 0.15) is 6.54 Å². The smallest absolute Gasteiger partial charge is 0.323 e. The van der Waals surface area contributed by atoms with Gasteiger partial charge in [-0.2, -0.15) is 12.6 Å². The maximum absolute atomic E-state index is 11.8. The minimum Gasteiger partial charge on any atom is -0.481 e. The predicted octanol–water partition coefficient (Wildman–Crippen LogP) is 0.720. The van der Waals surface area contributed by atoms with E-state index in [0.717, 1.165) is 0 Å². The molecule has 0 saturated heterocycles. The summed E-state index contributed by atoms with van der Waals surface area (Å²) in [5.41, 5.74) is 0. The van der Waals surface area contributed by atoms with Crippen molar-refractivity contribution in [3.05, 3.63) is 0 Å². The highest BCUT2D eigenvalue weighted by Gasteiger charge is 2.21. The first-order chi connectivity index (χ1) is 8.38. The van der Waals surface area contributed by atoms with E-state index in [0.29, 0.717) is 18.6 Å². The molecular formula is C11H19NO5S. The van der Waals surface area contributed by atoms with Crippen LogP contribution in [-0.4, -0.2) is 51.8 Å². The van der Waals surface area contributed by atoms with Crippen molar-refractivity contribution in [2.24, 2.45) is 5.92 Å². The van der Waals surface area contributed by atoms with E-state index in [1.165, 1.54) is 4.90 Å². The van der Waals surface area contributed by atoms with Crippen molar-refractivity contribution in [2.45, 2.75) is 26.2 Å². The van der Waals surface area contributed by atoms with E-state index in [1.807, 2.05) is 0 Å². The van der Waals surface area contributed by atoms with Crippen molar-refractivity contribution in [3.63, 3.8) is 0 Å². The third-order valence-electron chi connectivity index (χ3n) is 2.40. The molecule has 0 aliphatic rings. The van der Waals surface area contributed by atoms with Crippen LogP contribution in [0.4, 0.5) is 0 Å². The summed E-state index contributed by atoms with van der Waals surface area (Å²) in [6, 6.07) is 0. The molecule has 1 atom stereocenters. The van der Waals surface area contributed by atoms with Gasteiger partial charge in [-0.25, -0.2) is 0 Å². The maximum atomic E-state index is 11.8. The van der Waals surface area contributed by atoms with Crippen LogP contribution < -0.4 is 0 Å². The zero-order chi connectivity index (χ0) is 14.1. The lowest BCUT2D eigenvalue weighted by Crippen LogP contribution is -2.40. The lowest BCUT2D eigenvalue weighted by molar-refractivity contribution is -0.145. The molecule has 1 amide bonds. The van der Waals surface area contributed by atoms with Gasteiger partial charge in [-0.1, -0.05) is 6.92 Å². The Bertz CT molecular complexity index is 308. The minimum atomic E-state index is -1.08. The number of carboxylic acid groups (broad SMARTS) is 2. The molecule has 0 fully saturated rings. The molecule has 104 valence electrons. The van der Waals surface area contributed by atoms with Gasteiger partial charge >= 0.3 is 11.9 Å². The molecule has 0 aromatic carbocycles. The Labute approximate surface area is 111 Å². The molecule has 0 bridgehead atoms. The molecule has 0 rings (SSSR count). The summed E-state index contributed by atoms with van der Waals surface area (Å²) in [5.74, 6) is -2.22. The molecule has 0 aromatic rings. The van der Waals surface area contributed by atoms with E-state index in [-0.39, 0.29) is 31.3 Å². The molecule has 18 heavy (non-hydrogen) atoms. The van der Waals surface area contributed by atoms with E-state index in [9.17, 15) is 14.4 Å². The molecule has 1 unspecified atom stereocenters. The van der Waals surface area contributed by atoms with Crippen LogP contribution in [0.15, 0.2) is 0 Å². The van der Waals surface area contributed by atoms with Crippen LogP contribution >= 0.6 is 12.6 Å². The van der Waals surface area contributed by atoms with Gasteiger partial charge in [0, 0.05) is 24.6 Å². The average molecular weight is 277 g/mol. The fourth-order valence-electron chi connectivity index (χ4n) is 1.40. The molecule has 0 heterocycles. The quantitative estimate of drug-likeness (QED) is 0.426. The number of nitrogens with zero attached hydrogens (tertiary/aromatic N) is 1. The van der Waals surface area contributed by atoms with Gasteiger partial charge in [0.05, 0.1) is 0 Å². The highest BCUT2D eigenvalue weighted by Crippen LogP contribution is 2.07. The Balaban J connectivity index is 4.27.